The first-order valence-electron chi connectivity index (χ1n) is 7.07. The minimum atomic E-state index is 0.441. The van der Waals surface area contributed by atoms with Crippen LogP contribution < -0.4 is 15.5 Å². The van der Waals surface area contributed by atoms with Crippen molar-refractivity contribution in [3.05, 3.63) is 59.7 Å². The Bertz CT molecular complexity index is 670. The van der Waals surface area contributed by atoms with Crippen LogP contribution in [0.1, 0.15) is 18.1 Å². The molecule has 0 aliphatic rings. The Morgan fingerprint density at radius 2 is 2.05 bits per heavy atom. The number of aryl methyl sites for hydroxylation is 1. The first-order chi connectivity index (χ1) is 10.7. The molecule has 0 radical (unpaired) electrons. The van der Waals surface area contributed by atoms with Gasteiger partial charge in [-0.2, -0.15) is 5.10 Å². The molecule has 2 rings (SSSR count). The fraction of sp³-hybridized carbons (Fsp3) is 0.176. The molecular formula is C17H19N3OS. The zero-order chi connectivity index (χ0) is 15.8. The largest absolute Gasteiger partial charge is 0.493 e. The van der Waals surface area contributed by atoms with Crippen molar-refractivity contribution >= 4 is 29.2 Å². The van der Waals surface area contributed by atoms with Crippen LogP contribution in [0.2, 0.25) is 0 Å². The van der Waals surface area contributed by atoms with Crippen LogP contribution in [0, 0.1) is 6.92 Å². The lowest BCUT2D eigenvalue weighted by atomic mass is 10.2. The highest BCUT2D eigenvalue weighted by Gasteiger charge is 1.99. The summed E-state index contributed by atoms with van der Waals surface area (Å²) in [5.41, 5.74) is 5.80. The van der Waals surface area contributed by atoms with Gasteiger partial charge < -0.3 is 10.1 Å². The van der Waals surface area contributed by atoms with Crippen molar-refractivity contribution in [2.24, 2.45) is 5.10 Å². The third kappa shape index (κ3) is 4.86. The topological polar surface area (TPSA) is 45.6 Å². The second-order valence-electron chi connectivity index (χ2n) is 4.66. The van der Waals surface area contributed by atoms with Gasteiger partial charge in [0.05, 0.1) is 12.8 Å². The summed E-state index contributed by atoms with van der Waals surface area (Å²) in [7, 11) is 0. The minimum absolute atomic E-state index is 0.441. The zero-order valence-corrected chi connectivity index (χ0v) is 13.5. The van der Waals surface area contributed by atoms with Crippen molar-refractivity contribution in [2.75, 3.05) is 11.9 Å². The summed E-state index contributed by atoms with van der Waals surface area (Å²) in [6.07, 6.45) is 1.69. The number of thiocarbonyl (C=S) groups is 1. The van der Waals surface area contributed by atoms with Crippen LogP contribution in [0.3, 0.4) is 0 Å². The average molecular weight is 313 g/mol. The molecule has 0 saturated heterocycles. The van der Waals surface area contributed by atoms with Gasteiger partial charge in [0.15, 0.2) is 5.11 Å². The predicted octanol–water partition coefficient (Wildman–Crippen LogP) is 3.71. The van der Waals surface area contributed by atoms with Gasteiger partial charge in [-0.25, -0.2) is 0 Å². The molecule has 114 valence electrons. The lowest BCUT2D eigenvalue weighted by molar-refractivity contribution is 0.340. The van der Waals surface area contributed by atoms with Crippen LogP contribution in [-0.4, -0.2) is 17.9 Å². The van der Waals surface area contributed by atoms with Gasteiger partial charge in [0.2, 0.25) is 0 Å². The quantitative estimate of drug-likeness (QED) is 0.502. The van der Waals surface area contributed by atoms with E-state index in [9.17, 15) is 0 Å². The maximum Gasteiger partial charge on any atom is 0.191 e. The maximum atomic E-state index is 5.54. The highest BCUT2D eigenvalue weighted by Crippen LogP contribution is 2.15. The number of para-hydroxylation sites is 1. The summed E-state index contributed by atoms with van der Waals surface area (Å²) in [5.74, 6) is 0.799. The summed E-state index contributed by atoms with van der Waals surface area (Å²) in [6, 6.07) is 15.7. The van der Waals surface area contributed by atoms with Gasteiger partial charge in [-0.1, -0.05) is 24.3 Å². The molecule has 0 bridgehead atoms. The van der Waals surface area contributed by atoms with E-state index in [4.69, 9.17) is 17.0 Å². The molecule has 2 aromatic rings. The molecule has 0 aliphatic heterocycles. The molecule has 22 heavy (non-hydrogen) atoms. The number of ether oxygens (including phenoxy) is 1. The highest BCUT2D eigenvalue weighted by atomic mass is 32.1. The number of nitrogens with one attached hydrogen (secondary N) is 2. The number of hydrogen-bond acceptors (Lipinski definition) is 3. The number of hydrogen-bond donors (Lipinski definition) is 2. The number of hydrazone groups is 1. The van der Waals surface area contributed by atoms with Gasteiger partial charge in [-0.3, -0.25) is 5.43 Å². The Kier molecular flexibility index (Phi) is 5.91. The van der Waals surface area contributed by atoms with Gasteiger partial charge in [-0.15, -0.1) is 0 Å². The average Bonchev–Trinajstić information content (AvgIpc) is 2.49. The SMILES string of the molecule is CCOc1ccccc1/C=N/NC(=S)Nc1cccc(C)c1. The molecule has 2 N–H and O–H groups in total. The van der Waals surface area contributed by atoms with Gasteiger partial charge in [0.1, 0.15) is 5.75 Å². The fourth-order valence-electron chi connectivity index (χ4n) is 1.92. The van der Waals surface area contributed by atoms with Crippen molar-refractivity contribution in [1.82, 2.24) is 5.43 Å². The Labute approximate surface area is 136 Å². The summed E-state index contributed by atoms with van der Waals surface area (Å²) in [6.45, 7) is 4.60. The normalized spacial score (nSPS) is 10.5. The van der Waals surface area contributed by atoms with E-state index in [1.807, 2.05) is 62.4 Å². The van der Waals surface area contributed by atoms with E-state index in [0.29, 0.717) is 11.7 Å². The molecule has 2 aromatic carbocycles. The smallest absolute Gasteiger partial charge is 0.191 e. The Morgan fingerprint density at radius 1 is 1.23 bits per heavy atom. The number of benzene rings is 2. The van der Waals surface area contributed by atoms with Crippen molar-refractivity contribution < 1.29 is 4.74 Å². The second kappa shape index (κ2) is 8.14. The molecule has 4 nitrogen and oxygen atoms in total. The Hall–Kier alpha value is -2.40. The van der Waals surface area contributed by atoms with Gasteiger partial charge in [-0.05, 0) is 55.9 Å². The van der Waals surface area contributed by atoms with Crippen LogP contribution in [0.15, 0.2) is 53.6 Å². The van der Waals surface area contributed by atoms with Crippen LogP contribution in [-0.2, 0) is 0 Å². The molecule has 0 unspecified atom stereocenters. The molecular weight excluding hydrogens is 294 g/mol. The van der Waals surface area contributed by atoms with Crippen LogP contribution in [0.5, 0.6) is 5.75 Å². The molecule has 0 spiro atoms. The minimum Gasteiger partial charge on any atom is -0.493 e. The van der Waals surface area contributed by atoms with Crippen LogP contribution in [0.4, 0.5) is 5.69 Å². The van der Waals surface area contributed by atoms with E-state index in [1.54, 1.807) is 6.21 Å². The van der Waals surface area contributed by atoms with E-state index >= 15 is 0 Å². The lowest BCUT2D eigenvalue weighted by Gasteiger charge is -2.08. The van der Waals surface area contributed by atoms with Crippen molar-refractivity contribution in [3.63, 3.8) is 0 Å². The second-order valence-corrected chi connectivity index (χ2v) is 5.07. The maximum absolute atomic E-state index is 5.54. The molecule has 0 saturated carbocycles. The third-order valence-electron chi connectivity index (χ3n) is 2.86. The summed E-state index contributed by atoms with van der Waals surface area (Å²) < 4.78 is 5.54. The third-order valence-corrected chi connectivity index (χ3v) is 3.06. The van der Waals surface area contributed by atoms with E-state index in [0.717, 1.165) is 17.0 Å². The van der Waals surface area contributed by atoms with E-state index < -0.39 is 0 Å². The van der Waals surface area contributed by atoms with E-state index in [2.05, 4.69) is 15.8 Å². The lowest BCUT2D eigenvalue weighted by Crippen LogP contribution is -2.23. The van der Waals surface area contributed by atoms with Gasteiger partial charge >= 0.3 is 0 Å². The van der Waals surface area contributed by atoms with Gasteiger partial charge in [0.25, 0.3) is 0 Å². The van der Waals surface area contributed by atoms with Crippen LogP contribution >= 0.6 is 12.2 Å². The zero-order valence-electron chi connectivity index (χ0n) is 12.7. The molecule has 0 atom stereocenters. The number of anilines is 1. The summed E-state index contributed by atoms with van der Waals surface area (Å²) >= 11 is 5.21. The highest BCUT2D eigenvalue weighted by molar-refractivity contribution is 7.80. The Morgan fingerprint density at radius 3 is 2.82 bits per heavy atom. The van der Waals surface area contributed by atoms with Crippen molar-refractivity contribution in [2.45, 2.75) is 13.8 Å². The predicted molar refractivity (Wildman–Crippen MR) is 95.7 cm³/mol. The molecule has 0 aromatic heterocycles. The molecule has 0 amide bonds. The van der Waals surface area contributed by atoms with Crippen molar-refractivity contribution in [3.8, 4) is 5.75 Å². The molecule has 0 heterocycles. The first kappa shape index (κ1) is 16.0. The Balaban J connectivity index is 1.93. The number of rotatable bonds is 5. The molecule has 0 fully saturated rings. The van der Waals surface area contributed by atoms with E-state index in [1.165, 1.54) is 5.56 Å². The molecule has 5 heteroatoms. The standard InChI is InChI=1S/C17H19N3OS/c1-3-21-16-10-5-4-8-14(16)12-18-20-17(22)19-15-9-6-7-13(2)11-15/h4-12H,3H2,1-2H3,(H2,19,20,22)/b18-12+. The summed E-state index contributed by atoms with van der Waals surface area (Å²) in [5, 5.41) is 7.67. The first-order valence-corrected chi connectivity index (χ1v) is 7.48. The summed E-state index contributed by atoms with van der Waals surface area (Å²) in [4.78, 5) is 0. The van der Waals surface area contributed by atoms with E-state index in [-0.39, 0.29) is 0 Å². The number of nitrogens with zero attached hydrogens (tertiary/aromatic N) is 1. The molecule has 0 aliphatic carbocycles. The fourth-order valence-corrected chi connectivity index (χ4v) is 2.09. The van der Waals surface area contributed by atoms with Gasteiger partial charge in [0, 0.05) is 11.3 Å². The van der Waals surface area contributed by atoms with Crippen LogP contribution in [0.25, 0.3) is 0 Å². The monoisotopic (exact) mass is 313 g/mol. The van der Waals surface area contributed by atoms with Crippen molar-refractivity contribution in [1.29, 1.82) is 0 Å².